The Morgan fingerprint density at radius 1 is 1.57 bits per heavy atom. The standard InChI is InChI=1S/C10H15NO2S/c12-8-4-7(5-8)11-6-9(13)10-2-1-3-14-10/h1-3,7-9,11-13H,4-6H2. The average Bonchev–Trinajstić information content (AvgIpc) is 2.62. The van der Waals surface area contributed by atoms with E-state index in [0.717, 1.165) is 17.7 Å². The van der Waals surface area contributed by atoms with Gasteiger partial charge in [-0.15, -0.1) is 11.3 Å². The van der Waals surface area contributed by atoms with Crippen LogP contribution in [0.2, 0.25) is 0 Å². The van der Waals surface area contributed by atoms with Crippen LogP contribution in [-0.4, -0.2) is 28.9 Å². The van der Waals surface area contributed by atoms with Crippen molar-refractivity contribution in [3.8, 4) is 0 Å². The van der Waals surface area contributed by atoms with Crippen LogP contribution in [0.15, 0.2) is 17.5 Å². The molecule has 0 bridgehead atoms. The Hall–Kier alpha value is -0.420. The van der Waals surface area contributed by atoms with Gasteiger partial charge in [-0.2, -0.15) is 0 Å². The highest BCUT2D eigenvalue weighted by molar-refractivity contribution is 7.10. The lowest BCUT2D eigenvalue weighted by Crippen LogP contribution is -2.45. The normalized spacial score (nSPS) is 28.4. The maximum absolute atomic E-state index is 9.73. The van der Waals surface area contributed by atoms with Crippen LogP contribution in [0.1, 0.15) is 23.8 Å². The van der Waals surface area contributed by atoms with E-state index < -0.39 is 6.10 Å². The molecule has 14 heavy (non-hydrogen) atoms. The Morgan fingerprint density at radius 2 is 2.36 bits per heavy atom. The molecule has 2 rings (SSSR count). The second-order valence-corrected chi connectivity index (χ2v) is 4.74. The molecule has 0 spiro atoms. The molecule has 1 aliphatic rings. The lowest BCUT2D eigenvalue weighted by Gasteiger charge is -2.32. The smallest absolute Gasteiger partial charge is 0.101 e. The average molecular weight is 213 g/mol. The summed E-state index contributed by atoms with van der Waals surface area (Å²) in [6.45, 7) is 0.581. The summed E-state index contributed by atoms with van der Waals surface area (Å²) in [4.78, 5) is 0.998. The third kappa shape index (κ3) is 2.33. The zero-order valence-electron chi connectivity index (χ0n) is 7.89. The van der Waals surface area contributed by atoms with Crippen molar-refractivity contribution in [2.24, 2.45) is 0 Å². The molecule has 1 fully saturated rings. The van der Waals surface area contributed by atoms with E-state index in [1.54, 1.807) is 11.3 Å². The van der Waals surface area contributed by atoms with Crippen LogP contribution in [0, 0.1) is 0 Å². The van der Waals surface area contributed by atoms with E-state index in [4.69, 9.17) is 5.11 Å². The van der Waals surface area contributed by atoms with Crippen LogP contribution in [0.25, 0.3) is 0 Å². The zero-order valence-corrected chi connectivity index (χ0v) is 8.70. The second kappa shape index (κ2) is 4.40. The minimum absolute atomic E-state index is 0.133. The molecule has 3 nitrogen and oxygen atoms in total. The predicted octanol–water partition coefficient (Wildman–Crippen LogP) is 0.894. The molecule has 1 aromatic heterocycles. The first-order valence-electron chi connectivity index (χ1n) is 4.88. The van der Waals surface area contributed by atoms with Crippen molar-refractivity contribution in [2.75, 3.05) is 6.54 Å². The first-order chi connectivity index (χ1) is 6.75. The SMILES string of the molecule is OC1CC(NCC(O)c2cccs2)C1. The summed E-state index contributed by atoms with van der Waals surface area (Å²) in [5, 5.41) is 24.0. The Kier molecular flexibility index (Phi) is 3.18. The van der Waals surface area contributed by atoms with Crippen molar-refractivity contribution in [1.82, 2.24) is 5.32 Å². The van der Waals surface area contributed by atoms with Crippen molar-refractivity contribution in [2.45, 2.75) is 31.1 Å². The van der Waals surface area contributed by atoms with E-state index in [2.05, 4.69) is 5.32 Å². The fraction of sp³-hybridized carbons (Fsp3) is 0.600. The van der Waals surface area contributed by atoms with Crippen molar-refractivity contribution >= 4 is 11.3 Å². The van der Waals surface area contributed by atoms with Crippen LogP contribution < -0.4 is 5.32 Å². The number of nitrogens with one attached hydrogen (secondary N) is 1. The number of hydrogen-bond acceptors (Lipinski definition) is 4. The zero-order chi connectivity index (χ0) is 9.97. The van der Waals surface area contributed by atoms with Gasteiger partial charge in [-0.25, -0.2) is 0 Å². The topological polar surface area (TPSA) is 52.5 Å². The fourth-order valence-electron chi connectivity index (χ4n) is 1.61. The quantitative estimate of drug-likeness (QED) is 0.696. The molecular weight excluding hydrogens is 198 g/mol. The summed E-state index contributed by atoms with van der Waals surface area (Å²) in [5.74, 6) is 0. The lowest BCUT2D eigenvalue weighted by molar-refractivity contribution is 0.0554. The third-order valence-corrected chi connectivity index (χ3v) is 3.56. The van der Waals surface area contributed by atoms with Crippen LogP contribution in [0.4, 0.5) is 0 Å². The van der Waals surface area contributed by atoms with Gasteiger partial charge in [0.25, 0.3) is 0 Å². The van der Waals surface area contributed by atoms with Gasteiger partial charge in [-0.1, -0.05) is 6.07 Å². The van der Waals surface area contributed by atoms with E-state index in [-0.39, 0.29) is 6.10 Å². The number of rotatable bonds is 4. The van der Waals surface area contributed by atoms with E-state index in [1.807, 2.05) is 17.5 Å². The molecular formula is C10H15NO2S. The number of aliphatic hydroxyl groups is 2. The Bertz CT molecular complexity index is 270. The number of aliphatic hydroxyl groups excluding tert-OH is 2. The molecule has 0 radical (unpaired) electrons. The maximum Gasteiger partial charge on any atom is 0.101 e. The third-order valence-electron chi connectivity index (χ3n) is 2.58. The summed E-state index contributed by atoms with van der Waals surface area (Å²) in [5.41, 5.74) is 0. The molecule has 3 N–H and O–H groups in total. The summed E-state index contributed by atoms with van der Waals surface area (Å²) < 4.78 is 0. The molecule has 4 heteroatoms. The van der Waals surface area contributed by atoms with Crippen molar-refractivity contribution in [3.05, 3.63) is 22.4 Å². The summed E-state index contributed by atoms with van der Waals surface area (Å²) in [7, 11) is 0. The van der Waals surface area contributed by atoms with Crippen LogP contribution in [0.3, 0.4) is 0 Å². The van der Waals surface area contributed by atoms with Crippen LogP contribution in [0.5, 0.6) is 0 Å². The minimum Gasteiger partial charge on any atom is -0.393 e. The van der Waals surface area contributed by atoms with Gasteiger partial charge < -0.3 is 15.5 Å². The van der Waals surface area contributed by atoms with Gasteiger partial charge in [-0.05, 0) is 24.3 Å². The fourth-order valence-corrected chi connectivity index (χ4v) is 2.33. The molecule has 0 aromatic carbocycles. The molecule has 78 valence electrons. The van der Waals surface area contributed by atoms with Gasteiger partial charge in [0.05, 0.1) is 6.10 Å². The summed E-state index contributed by atoms with van der Waals surface area (Å²) in [6, 6.07) is 4.27. The van der Waals surface area contributed by atoms with Crippen molar-refractivity contribution in [1.29, 1.82) is 0 Å². The second-order valence-electron chi connectivity index (χ2n) is 3.76. The molecule has 1 aromatic rings. The van der Waals surface area contributed by atoms with Gasteiger partial charge in [0, 0.05) is 17.5 Å². The highest BCUT2D eigenvalue weighted by Gasteiger charge is 2.27. The Balaban J connectivity index is 1.71. The highest BCUT2D eigenvalue weighted by Crippen LogP contribution is 2.22. The van der Waals surface area contributed by atoms with Crippen molar-refractivity contribution in [3.63, 3.8) is 0 Å². The molecule has 0 amide bonds. The van der Waals surface area contributed by atoms with Gasteiger partial charge in [0.2, 0.25) is 0 Å². The molecule has 0 aliphatic heterocycles. The largest absolute Gasteiger partial charge is 0.393 e. The maximum atomic E-state index is 9.73. The predicted molar refractivity (Wildman–Crippen MR) is 56.3 cm³/mol. The van der Waals surface area contributed by atoms with Gasteiger partial charge in [-0.3, -0.25) is 0 Å². The molecule has 1 aliphatic carbocycles. The van der Waals surface area contributed by atoms with Gasteiger partial charge in [0.1, 0.15) is 6.10 Å². The highest BCUT2D eigenvalue weighted by atomic mass is 32.1. The number of thiophene rings is 1. The Labute approximate surface area is 87.4 Å². The number of hydrogen-bond donors (Lipinski definition) is 3. The van der Waals surface area contributed by atoms with Gasteiger partial charge >= 0.3 is 0 Å². The van der Waals surface area contributed by atoms with E-state index >= 15 is 0 Å². The summed E-state index contributed by atoms with van der Waals surface area (Å²) >= 11 is 1.57. The van der Waals surface area contributed by atoms with E-state index in [1.165, 1.54) is 0 Å². The van der Waals surface area contributed by atoms with Crippen LogP contribution >= 0.6 is 11.3 Å². The molecule has 1 heterocycles. The first-order valence-corrected chi connectivity index (χ1v) is 5.76. The molecule has 0 saturated heterocycles. The van der Waals surface area contributed by atoms with Crippen LogP contribution in [-0.2, 0) is 0 Å². The Morgan fingerprint density at radius 3 is 2.93 bits per heavy atom. The molecule has 1 atom stereocenters. The monoisotopic (exact) mass is 213 g/mol. The van der Waals surface area contributed by atoms with Crippen molar-refractivity contribution < 1.29 is 10.2 Å². The minimum atomic E-state index is -0.409. The van der Waals surface area contributed by atoms with E-state index in [9.17, 15) is 5.11 Å². The summed E-state index contributed by atoms with van der Waals surface area (Å²) in [6.07, 6.45) is 1.09. The van der Waals surface area contributed by atoms with Gasteiger partial charge in [0.15, 0.2) is 0 Å². The molecule has 1 unspecified atom stereocenters. The molecule has 1 saturated carbocycles. The van der Waals surface area contributed by atoms with E-state index in [0.29, 0.717) is 12.6 Å². The first kappa shape index (κ1) is 10.1. The lowest BCUT2D eigenvalue weighted by atomic mass is 9.89.